The van der Waals surface area contributed by atoms with Crippen molar-refractivity contribution in [3.63, 3.8) is 0 Å². The summed E-state index contributed by atoms with van der Waals surface area (Å²) in [5, 5.41) is 3.36. The van der Waals surface area contributed by atoms with Crippen LogP contribution in [0.4, 0.5) is 0 Å². The maximum atomic E-state index is 5.93. The van der Waals surface area contributed by atoms with Crippen LogP contribution in [-0.4, -0.2) is 25.8 Å². The standard InChI is InChI=1S/C11H21NO/c1-2-4-10(3-1)9-13-11-5-7-12-8-6-11/h10-12H,1-9H2. The molecule has 0 atom stereocenters. The minimum Gasteiger partial charge on any atom is -0.378 e. The normalized spacial score (nSPS) is 26.8. The molecule has 1 aliphatic carbocycles. The quantitative estimate of drug-likeness (QED) is 0.722. The fourth-order valence-corrected chi connectivity index (χ4v) is 2.41. The van der Waals surface area contributed by atoms with Crippen molar-refractivity contribution >= 4 is 0 Å². The molecule has 13 heavy (non-hydrogen) atoms. The molecule has 2 heteroatoms. The molecule has 2 aliphatic rings. The lowest BCUT2D eigenvalue weighted by Crippen LogP contribution is -2.33. The molecule has 2 rings (SSSR count). The number of piperidine rings is 1. The van der Waals surface area contributed by atoms with E-state index in [1.165, 1.54) is 38.5 Å². The van der Waals surface area contributed by atoms with Crippen LogP contribution in [0.5, 0.6) is 0 Å². The third-order valence-corrected chi connectivity index (χ3v) is 3.33. The number of nitrogens with one attached hydrogen (secondary N) is 1. The molecule has 1 aliphatic heterocycles. The summed E-state index contributed by atoms with van der Waals surface area (Å²) in [5.74, 6) is 0.884. The summed E-state index contributed by atoms with van der Waals surface area (Å²) in [6, 6.07) is 0. The van der Waals surface area contributed by atoms with Crippen molar-refractivity contribution in [1.82, 2.24) is 5.32 Å². The van der Waals surface area contributed by atoms with Crippen molar-refractivity contribution in [2.24, 2.45) is 5.92 Å². The van der Waals surface area contributed by atoms with Crippen LogP contribution in [0.25, 0.3) is 0 Å². The van der Waals surface area contributed by atoms with Gasteiger partial charge in [0, 0.05) is 6.61 Å². The van der Waals surface area contributed by atoms with Gasteiger partial charge in [-0.05, 0) is 44.7 Å². The van der Waals surface area contributed by atoms with Crippen LogP contribution in [0.1, 0.15) is 38.5 Å². The first kappa shape index (κ1) is 9.47. The number of hydrogen-bond acceptors (Lipinski definition) is 2. The first-order valence-electron chi connectivity index (χ1n) is 5.77. The molecule has 0 radical (unpaired) electrons. The summed E-state index contributed by atoms with van der Waals surface area (Å²) < 4.78 is 5.93. The zero-order chi connectivity index (χ0) is 8.93. The van der Waals surface area contributed by atoms with E-state index in [9.17, 15) is 0 Å². The molecule has 1 heterocycles. The lowest BCUT2D eigenvalue weighted by atomic mass is 10.1. The third-order valence-electron chi connectivity index (χ3n) is 3.33. The van der Waals surface area contributed by atoms with E-state index >= 15 is 0 Å². The van der Waals surface area contributed by atoms with E-state index in [1.807, 2.05) is 0 Å². The van der Waals surface area contributed by atoms with Gasteiger partial charge >= 0.3 is 0 Å². The summed E-state index contributed by atoms with van der Waals surface area (Å²) in [6.07, 6.45) is 8.66. The first-order chi connectivity index (χ1) is 6.45. The second-order valence-corrected chi connectivity index (χ2v) is 4.43. The molecule has 76 valence electrons. The van der Waals surface area contributed by atoms with Crippen molar-refractivity contribution in [3.05, 3.63) is 0 Å². The van der Waals surface area contributed by atoms with E-state index in [2.05, 4.69) is 5.32 Å². The molecular formula is C11H21NO. The number of ether oxygens (including phenoxy) is 1. The fraction of sp³-hybridized carbons (Fsp3) is 1.00. The zero-order valence-electron chi connectivity index (χ0n) is 8.43. The molecule has 0 aromatic heterocycles. The van der Waals surface area contributed by atoms with Crippen LogP contribution in [0, 0.1) is 5.92 Å². The van der Waals surface area contributed by atoms with Gasteiger partial charge in [0.1, 0.15) is 0 Å². The largest absolute Gasteiger partial charge is 0.378 e. The highest BCUT2D eigenvalue weighted by atomic mass is 16.5. The molecule has 1 N–H and O–H groups in total. The molecule has 1 saturated carbocycles. The van der Waals surface area contributed by atoms with Gasteiger partial charge in [0.2, 0.25) is 0 Å². The van der Waals surface area contributed by atoms with Crippen molar-refractivity contribution in [3.8, 4) is 0 Å². The van der Waals surface area contributed by atoms with Crippen molar-refractivity contribution in [1.29, 1.82) is 0 Å². The highest BCUT2D eigenvalue weighted by Crippen LogP contribution is 2.25. The molecule has 0 bridgehead atoms. The summed E-state index contributed by atoms with van der Waals surface area (Å²) in [5.41, 5.74) is 0. The van der Waals surface area contributed by atoms with Gasteiger partial charge in [-0.1, -0.05) is 12.8 Å². The van der Waals surface area contributed by atoms with E-state index in [-0.39, 0.29) is 0 Å². The molecule has 2 nitrogen and oxygen atoms in total. The molecule has 0 amide bonds. The molecule has 0 spiro atoms. The first-order valence-corrected chi connectivity index (χ1v) is 5.77. The molecule has 0 aromatic carbocycles. The van der Waals surface area contributed by atoms with Crippen LogP contribution < -0.4 is 5.32 Å². The Hall–Kier alpha value is -0.0800. The molecule has 0 unspecified atom stereocenters. The SMILES string of the molecule is C1CCC(COC2CCNCC2)C1. The maximum absolute atomic E-state index is 5.93. The van der Waals surface area contributed by atoms with Gasteiger partial charge in [-0.3, -0.25) is 0 Å². The van der Waals surface area contributed by atoms with Crippen LogP contribution in [-0.2, 0) is 4.74 Å². The molecule has 2 fully saturated rings. The Balaban J connectivity index is 1.60. The summed E-state index contributed by atoms with van der Waals surface area (Å²) in [7, 11) is 0. The summed E-state index contributed by atoms with van der Waals surface area (Å²) in [4.78, 5) is 0. The van der Waals surface area contributed by atoms with E-state index in [1.54, 1.807) is 0 Å². The van der Waals surface area contributed by atoms with Gasteiger partial charge in [-0.15, -0.1) is 0 Å². The summed E-state index contributed by atoms with van der Waals surface area (Å²) >= 11 is 0. The van der Waals surface area contributed by atoms with Gasteiger partial charge in [-0.2, -0.15) is 0 Å². The minimum atomic E-state index is 0.557. The van der Waals surface area contributed by atoms with E-state index in [4.69, 9.17) is 4.74 Å². The van der Waals surface area contributed by atoms with E-state index in [0.717, 1.165) is 25.6 Å². The molecule has 0 aromatic rings. The fourth-order valence-electron chi connectivity index (χ4n) is 2.41. The second-order valence-electron chi connectivity index (χ2n) is 4.43. The van der Waals surface area contributed by atoms with Crippen molar-refractivity contribution < 1.29 is 4.74 Å². The van der Waals surface area contributed by atoms with Gasteiger partial charge in [0.05, 0.1) is 6.10 Å². The average Bonchev–Trinajstić information content (AvgIpc) is 2.69. The third kappa shape index (κ3) is 2.96. The zero-order valence-corrected chi connectivity index (χ0v) is 8.43. The Morgan fingerprint density at radius 3 is 2.38 bits per heavy atom. The van der Waals surface area contributed by atoms with Crippen LogP contribution in [0.2, 0.25) is 0 Å². The Bertz CT molecular complexity index is 137. The van der Waals surface area contributed by atoms with Crippen molar-refractivity contribution in [2.75, 3.05) is 19.7 Å². The predicted octanol–water partition coefficient (Wildman–Crippen LogP) is 1.95. The Labute approximate surface area is 81.0 Å². The Kier molecular flexibility index (Phi) is 3.62. The Morgan fingerprint density at radius 2 is 1.69 bits per heavy atom. The topological polar surface area (TPSA) is 21.3 Å². The lowest BCUT2D eigenvalue weighted by molar-refractivity contribution is 0.0129. The summed E-state index contributed by atoms with van der Waals surface area (Å²) in [6.45, 7) is 3.33. The lowest BCUT2D eigenvalue weighted by Gasteiger charge is -2.24. The molecule has 1 saturated heterocycles. The average molecular weight is 183 g/mol. The number of hydrogen-bond donors (Lipinski definition) is 1. The Morgan fingerprint density at radius 1 is 1.00 bits per heavy atom. The smallest absolute Gasteiger partial charge is 0.0599 e. The van der Waals surface area contributed by atoms with Gasteiger partial charge in [0.25, 0.3) is 0 Å². The van der Waals surface area contributed by atoms with E-state index in [0.29, 0.717) is 6.10 Å². The monoisotopic (exact) mass is 183 g/mol. The maximum Gasteiger partial charge on any atom is 0.0599 e. The van der Waals surface area contributed by atoms with E-state index < -0.39 is 0 Å². The van der Waals surface area contributed by atoms with Crippen LogP contribution >= 0.6 is 0 Å². The van der Waals surface area contributed by atoms with Crippen LogP contribution in [0.3, 0.4) is 0 Å². The van der Waals surface area contributed by atoms with Crippen LogP contribution in [0.15, 0.2) is 0 Å². The second kappa shape index (κ2) is 4.97. The highest BCUT2D eigenvalue weighted by molar-refractivity contribution is 4.71. The van der Waals surface area contributed by atoms with Crippen molar-refractivity contribution in [2.45, 2.75) is 44.6 Å². The highest BCUT2D eigenvalue weighted by Gasteiger charge is 2.18. The number of rotatable bonds is 3. The molecular weight excluding hydrogens is 162 g/mol. The van der Waals surface area contributed by atoms with Gasteiger partial charge < -0.3 is 10.1 Å². The minimum absolute atomic E-state index is 0.557. The van der Waals surface area contributed by atoms with Gasteiger partial charge in [0.15, 0.2) is 0 Å². The predicted molar refractivity (Wildman–Crippen MR) is 53.8 cm³/mol. The van der Waals surface area contributed by atoms with Gasteiger partial charge in [-0.25, -0.2) is 0 Å².